The van der Waals surface area contributed by atoms with Gasteiger partial charge in [0.25, 0.3) is 5.91 Å². The van der Waals surface area contributed by atoms with E-state index in [1.807, 2.05) is 6.07 Å². The van der Waals surface area contributed by atoms with Crippen LogP contribution in [-0.4, -0.2) is 45.2 Å². The van der Waals surface area contributed by atoms with Crippen LogP contribution in [0.5, 0.6) is 17.2 Å². The van der Waals surface area contributed by atoms with Crippen LogP contribution in [0.1, 0.15) is 17.3 Å². The first kappa shape index (κ1) is 15.6. The Hall–Kier alpha value is -2.42. The van der Waals surface area contributed by atoms with Crippen LogP contribution in [-0.2, 0) is 0 Å². The minimum Gasteiger partial charge on any atom is -0.496 e. The number of ether oxygens (including phenoxy) is 3. The number of hydrogen-bond acceptors (Lipinski definition) is 5. The van der Waals surface area contributed by atoms with Crippen LogP contribution in [0.4, 0.5) is 0 Å². The van der Waals surface area contributed by atoms with Crippen molar-refractivity contribution in [3.05, 3.63) is 17.7 Å². The number of nitrogens with zero attached hydrogens (tertiary/aromatic N) is 2. The lowest BCUT2D eigenvalue weighted by molar-refractivity contribution is 0.0769. The molecule has 0 bridgehead atoms. The largest absolute Gasteiger partial charge is 0.496 e. The maximum Gasteiger partial charge on any atom is 0.258 e. The third-order valence-electron chi connectivity index (χ3n) is 3.02. The van der Waals surface area contributed by atoms with Crippen molar-refractivity contribution in [1.29, 1.82) is 5.26 Å². The van der Waals surface area contributed by atoms with E-state index < -0.39 is 6.04 Å². The Morgan fingerprint density at radius 1 is 1.15 bits per heavy atom. The summed E-state index contributed by atoms with van der Waals surface area (Å²) in [6.45, 7) is 1.64. The highest BCUT2D eigenvalue weighted by Crippen LogP contribution is 2.35. The van der Waals surface area contributed by atoms with Gasteiger partial charge in [0.2, 0.25) is 0 Å². The molecule has 1 aromatic rings. The quantitative estimate of drug-likeness (QED) is 0.819. The molecule has 1 amide bonds. The summed E-state index contributed by atoms with van der Waals surface area (Å²) in [6.07, 6.45) is 0. The maximum atomic E-state index is 12.4. The van der Waals surface area contributed by atoms with E-state index in [0.717, 1.165) is 0 Å². The molecule has 0 saturated carbocycles. The predicted octanol–water partition coefficient (Wildman–Crippen LogP) is 1.70. The van der Waals surface area contributed by atoms with Gasteiger partial charge in [0, 0.05) is 19.2 Å². The second-order valence-electron chi connectivity index (χ2n) is 4.13. The fourth-order valence-electron chi connectivity index (χ4n) is 1.65. The second kappa shape index (κ2) is 6.66. The average molecular weight is 278 g/mol. The number of amides is 1. The minimum absolute atomic E-state index is 0.315. The molecule has 0 spiro atoms. The van der Waals surface area contributed by atoms with Gasteiger partial charge in [-0.05, 0) is 6.92 Å². The molecule has 0 aliphatic heterocycles. The number of nitriles is 1. The molecule has 0 aliphatic carbocycles. The first-order valence-electron chi connectivity index (χ1n) is 5.96. The summed E-state index contributed by atoms with van der Waals surface area (Å²) in [7, 11) is 6.01. The number of carbonyl (C=O) groups excluding carboxylic acids is 1. The summed E-state index contributed by atoms with van der Waals surface area (Å²) in [5.74, 6) is 0.938. The molecular formula is C14H18N2O4. The molecule has 0 N–H and O–H groups in total. The molecule has 6 nitrogen and oxygen atoms in total. The lowest BCUT2D eigenvalue weighted by atomic mass is 10.1. The van der Waals surface area contributed by atoms with E-state index >= 15 is 0 Å². The first-order valence-corrected chi connectivity index (χ1v) is 5.96. The molecule has 20 heavy (non-hydrogen) atoms. The first-order chi connectivity index (χ1) is 9.49. The van der Waals surface area contributed by atoms with E-state index in [0.29, 0.717) is 22.8 Å². The maximum absolute atomic E-state index is 12.4. The van der Waals surface area contributed by atoms with Gasteiger partial charge in [-0.1, -0.05) is 0 Å². The van der Waals surface area contributed by atoms with Crippen LogP contribution in [0.25, 0.3) is 0 Å². The Morgan fingerprint density at radius 3 is 2.10 bits per heavy atom. The predicted molar refractivity (Wildman–Crippen MR) is 73.3 cm³/mol. The van der Waals surface area contributed by atoms with Crippen molar-refractivity contribution in [2.24, 2.45) is 0 Å². The summed E-state index contributed by atoms with van der Waals surface area (Å²) in [5.41, 5.74) is 0.315. The van der Waals surface area contributed by atoms with Crippen molar-refractivity contribution in [2.75, 3.05) is 28.4 Å². The molecular weight excluding hydrogens is 260 g/mol. The molecule has 1 unspecified atom stereocenters. The zero-order valence-corrected chi connectivity index (χ0v) is 12.3. The van der Waals surface area contributed by atoms with Crippen molar-refractivity contribution in [3.8, 4) is 23.3 Å². The molecule has 0 aliphatic rings. The second-order valence-corrected chi connectivity index (χ2v) is 4.13. The van der Waals surface area contributed by atoms with Crippen LogP contribution in [0, 0.1) is 11.3 Å². The van der Waals surface area contributed by atoms with Gasteiger partial charge < -0.3 is 19.1 Å². The summed E-state index contributed by atoms with van der Waals surface area (Å²) in [6, 6.07) is 4.59. The van der Waals surface area contributed by atoms with Crippen molar-refractivity contribution >= 4 is 5.91 Å². The highest BCUT2D eigenvalue weighted by Gasteiger charge is 2.23. The van der Waals surface area contributed by atoms with E-state index in [-0.39, 0.29) is 5.91 Å². The van der Waals surface area contributed by atoms with Crippen LogP contribution in [0.15, 0.2) is 12.1 Å². The number of methoxy groups -OCH3 is 3. The molecule has 0 radical (unpaired) electrons. The Balaban J connectivity index is 3.30. The van der Waals surface area contributed by atoms with Crippen molar-refractivity contribution in [3.63, 3.8) is 0 Å². The fourth-order valence-corrected chi connectivity index (χ4v) is 1.65. The summed E-state index contributed by atoms with van der Waals surface area (Å²) in [4.78, 5) is 13.7. The van der Waals surface area contributed by atoms with Gasteiger partial charge >= 0.3 is 0 Å². The normalized spacial score (nSPS) is 11.2. The van der Waals surface area contributed by atoms with Gasteiger partial charge in [-0.3, -0.25) is 4.79 Å². The summed E-state index contributed by atoms with van der Waals surface area (Å²) in [5, 5.41) is 8.89. The van der Waals surface area contributed by atoms with E-state index in [1.54, 1.807) is 26.1 Å². The average Bonchev–Trinajstić information content (AvgIpc) is 2.50. The van der Waals surface area contributed by atoms with Crippen LogP contribution >= 0.6 is 0 Å². The minimum atomic E-state index is -0.541. The van der Waals surface area contributed by atoms with Gasteiger partial charge in [-0.15, -0.1) is 0 Å². The van der Waals surface area contributed by atoms with Gasteiger partial charge in [-0.2, -0.15) is 5.26 Å². The van der Waals surface area contributed by atoms with E-state index in [9.17, 15) is 4.79 Å². The highest BCUT2D eigenvalue weighted by molar-refractivity contribution is 5.98. The van der Waals surface area contributed by atoms with E-state index in [2.05, 4.69) is 0 Å². The van der Waals surface area contributed by atoms with Gasteiger partial charge in [0.1, 0.15) is 11.8 Å². The molecule has 1 atom stereocenters. The molecule has 1 aromatic carbocycles. The third-order valence-corrected chi connectivity index (χ3v) is 3.02. The van der Waals surface area contributed by atoms with Crippen molar-refractivity contribution in [1.82, 2.24) is 4.90 Å². The van der Waals surface area contributed by atoms with Crippen molar-refractivity contribution < 1.29 is 19.0 Å². The molecule has 0 aromatic heterocycles. The zero-order valence-electron chi connectivity index (χ0n) is 12.3. The van der Waals surface area contributed by atoms with E-state index in [1.165, 1.54) is 26.2 Å². The van der Waals surface area contributed by atoms with E-state index in [4.69, 9.17) is 19.5 Å². The van der Waals surface area contributed by atoms with Crippen LogP contribution in [0.2, 0.25) is 0 Å². The summed E-state index contributed by atoms with van der Waals surface area (Å²) < 4.78 is 15.5. The Bertz CT molecular complexity index is 537. The Labute approximate surface area is 118 Å². The lowest BCUT2D eigenvalue weighted by Crippen LogP contribution is -2.34. The number of carbonyl (C=O) groups is 1. The van der Waals surface area contributed by atoms with Crippen LogP contribution in [0.3, 0.4) is 0 Å². The van der Waals surface area contributed by atoms with Crippen molar-refractivity contribution in [2.45, 2.75) is 13.0 Å². The molecule has 0 heterocycles. The molecule has 108 valence electrons. The molecule has 6 heteroatoms. The molecule has 0 fully saturated rings. The highest BCUT2D eigenvalue weighted by atomic mass is 16.5. The molecule has 0 saturated heterocycles. The lowest BCUT2D eigenvalue weighted by Gasteiger charge is -2.21. The third kappa shape index (κ3) is 2.94. The zero-order chi connectivity index (χ0) is 15.3. The fraction of sp³-hybridized carbons (Fsp3) is 0.429. The smallest absolute Gasteiger partial charge is 0.258 e. The number of rotatable bonds is 5. The Kier molecular flexibility index (Phi) is 5.21. The van der Waals surface area contributed by atoms with Crippen LogP contribution < -0.4 is 14.2 Å². The van der Waals surface area contributed by atoms with Gasteiger partial charge in [0.15, 0.2) is 11.5 Å². The standard InChI is InChI=1S/C14H18N2O4/c1-9(8-15)16(2)14(17)10-6-12(19-4)13(20-5)7-11(10)18-3/h6-7,9H,1-5H3. The summed E-state index contributed by atoms with van der Waals surface area (Å²) >= 11 is 0. The SMILES string of the molecule is COc1cc(OC)c(C(=O)N(C)C(C)C#N)cc1OC. The number of benzene rings is 1. The molecule has 1 rings (SSSR count). The topological polar surface area (TPSA) is 71.8 Å². The monoisotopic (exact) mass is 278 g/mol. The number of hydrogen-bond donors (Lipinski definition) is 0. The Morgan fingerprint density at radius 2 is 1.65 bits per heavy atom. The van der Waals surface area contributed by atoms with Gasteiger partial charge in [-0.25, -0.2) is 0 Å². The van der Waals surface area contributed by atoms with Gasteiger partial charge in [0.05, 0.1) is 33.0 Å².